The lowest BCUT2D eigenvalue weighted by Gasteiger charge is -2.08. The fourth-order valence-corrected chi connectivity index (χ4v) is 2.04. The molecule has 0 aliphatic heterocycles. The van der Waals surface area contributed by atoms with Crippen LogP contribution in [0.2, 0.25) is 5.02 Å². The van der Waals surface area contributed by atoms with Crippen LogP contribution in [0.15, 0.2) is 18.2 Å². The molecular weight excluding hydrogens is 248 g/mol. The van der Waals surface area contributed by atoms with Gasteiger partial charge in [0.25, 0.3) is 0 Å². The number of carbonyl (C=O) groups is 1. The van der Waals surface area contributed by atoms with Gasteiger partial charge in [-0.05, 0) is 43.0 Å². The second-order valence-corrected chi connectivity index (χ2v) is 5.28. The van der Waals surface area contributed by atoms with Crippen LogP contribution in [0.25, 0.3) is 0 Å². The molecule has 1 amide bonds. The van der Waals surface area contributed by atoms with Crippen LogP contribution < -0.4 is 10.6 Å². The Balaban J connectivity index is 1.66. The van der Waals surface area contributed by atoms with E-state index in [2.05, 4.69) is 10.6 Å². The van der Waals surface area contributed by atoms with Gasteiger partial charge in [0.2, 0.25) is 5.91 Å². The quantitative estimate of drug-likeness (QED) is 0.777. The highest BCUT2D eigenvalue weighted by atomic mass is 35.5. The lowest BCUT2D eigenvalue weighted by atomic mass is 10.1. The van der Waals surface area contributed by atoms with Gasteiger partial charge in [0.05, 0.1) is 0 Å². The normalized spacial score (nSPS) is 14.6. The maximum atomic E-state index is 11.4. The molecule has 0 heterocycles. The van der Waals surface area contributed by atoms with Crippen molar-refractivity contribution < 1.29 is 4.79 Å². The molecule has 2 rings (SSSR count). The van der Waals surface area contributed by atoms with Gasteiger partial charge in [-0.15, -0.1) is 0 Å². The molecule has 0 saturated heterocycles. The smallest absolute Gasteiger partial charge is 0.221 e. The Hall–Kier alpha value is -1.06. The van der Waals surface area contributed by atoms with Gasteiger partial charge in [0.15, 0.2) is 0 Å². The Morgan fingerprint density at radius 2 is 2.22 bits per heavy atom. The molecular formula is C14H19ClN2O. The third-order valence-corrected chi connectivity index (χ3v) is 3.33. The van der Waals surface area contributed by atoms with E-state index in [9.17, 15) is 4.79 Å². The minimum absolute atomic E-state index is 0.151. The van der Waals surface area contributed by atoms with Gasteiger partial charge >= 0.3 is 0 Å². The molecule has 1 aliphatic rings. The predicted molar refractivity (Wildman–Crippen MR) is 73.7 cm³/mol. The third-order valence-electron chi connectivity index (χ3n) is 3.09. The molecule has 0 radical (unpaired) electrons. The number of rotatable bonds is 6. The second kappa shape index (κ2) is 6.21. The van der Waals surface area contributed by atoms with E-state index in [1.807, 2.05) is 25.1 Å². The first kappa shape index (κ1) is 13.4. The van der Waals surface area contributed by atoms with E-state index in [-0.39, 0.29) is 5.91 Å². The Morgan fingerprint density at radius 3 is 2.89 bits per heavy atom. The third kappa shape index (κ3) is 4.31. The summed E-state index contributed by atoms with van der Waals surface area (Å²) < 4.78 is 0. The zero-order valence-corrected chi connectivity index (χ0v) is 11.4. The Labute approximate surface area is 113 Å². The minimum Gasteiger partial charge on any atom is -0.353 e. The van der Waals surface area contributed by atoms with E-state index in [0.29, 0.717) is 19.0 Å². The van der Waals surface area contributed by atoms with Gasteiger partial charge in [-0.25, -0.2) is 0 Å². The molecule has 98 valence electrons. The maximum absolute atomic E-state index is 11.4. The average Bonchev–Trinajstić information content (AvgIpc) is 3.10. The van der Waals surface area contributed by atoms with Crippen LogP contribution >= 0.6 is 11.6 Å². The summed E-state index contributed by atoms with van der Waals surface area (Å²) in [6, 6.07) is 6.33. The summed E-state index contributed by atoms with van der Waals surface area (Å²) in [4.78, 5) is 11.4. The van der Waals surface area contributed by atoms with Crippen LogP contribution in [-0.2, 0) is 11.3 Å². The molecule has 1 saturated carbocycles. The van der Waals surface area contributed by atoms with Gasteiger partial charge in [-0.3, -0.25) is 4.79 Å². The van der Waals surface area contributed by atoms with Gasteiger partial charge < -0.3 is 10.6 Å². The fraction of sp³-hybridized carbons (Fsp3) is 0.500. The molecule has 0 aromatic heterocycles. The summed E-state index contributed by atoms with van der Waals surface area (Å²) in [6.07, 6.45) is 2.83. The highest BCUT2D eigenvalue weighted by molar-refractivity contribution is 6.30. The highest BCUT2D eigenvalue weighted by Crippen LogP contribution is 2.18. The van der Waals surface area contributed by atoms with Crippen LogP contribution in [0.3, 0.4) is 0 Å². The molecule has 1 aliphatic carbocycles. The number of amides is 1. The summed E-state index contributed by atoms with van der Waals surface area (Å²) in [6.45, 7) is 3.53. The van der Waals surface area contributed by atoms with Crippen molar-refractivity contribution in [1.29, 1.82) is 0 Å². The van der Waals surface area contributed by atoms with Crippen molar-refractivity contribution in [3.63, 3.8) is 0 Å². The topological polar surface area (TPSA) is 41.1 Å². The summed E-state index contributed by atoms with van der Waals surface area (Å²) in [5, 5.41) is 7.02. The summed E-state index contributed by atoms with van der Waals surface area (Å²) >= 11 is 5.90. The molecule has 18 heavy (non-hydrogen) atoms. The van der Waals surface area contributed by atoms with Crippen LogP contribution in [0.1, 0.15) is 30.4 Å². The first-order chi connectivity index (χ1) is 8.65. The van der Waals surface area contributed by atoms with E-state index < -0.39 is 0 Å². The fourth-order valence-electron chi connectivity index (χ4n) is 1.81. The zero-order valence-electron chi connectivity index (χ0n) is 10.6. The van der Waals surface area contributed by atoms with E-state index in [0.717, 1.165) is 24.4 Å². The lowest BCUT2D eigenvalue weighted by Crippen LogP contribution is -2.29. The Morgan fingerprint density at radius 1 is 1.44 bits per heavy atom. The van der Waals surface area contributed by atoms with Crippen molar-refractivity contribution in [1.82, 2.24) is 10.6 Å². The maximum Gasteiger partial charge on any atom is 0.221 e. The SMILES string of the molecule is Cc1cc(Cl)ccc1CNCCC(=O)NC1CC1. The number of aryl methyl sites for hydroxylation is 1. The molecule has 1 aromatic rings. The van der Waals surface area contributed by atoms with Gasteiger partial charge in [-0.1, -0.05) is 17.7 Å². The van der Waals surface area contributed by atoms with Crippen molar-refractivity contribution in [2.75, 3.05) is 6.54 Å². The lowest BCUT2D eigenvalue weighted by molar-refractivity contribution is -0.121. The summed E-state index contributed by atoms with van der Waals surface area (Å²) in [7, 11) is 0. The molecule has 0 atom stereocenters. The molecule has 4 heteroatoms. The van der Waals surface area contributed by atoms with Crippen LogP contribution in [0.4, 0.5) is 0 Å². The van der Waals surface area contributed by atoms with Gasteiger partial charge in [0, 0.05) is 30.6 Å². The van der Waals surface area contributed by atoms with E-state index in [1.165, 1.54) is 11.1 Å². The van der Waals surface area contributed by atoms with E-state index >= 15 is 0 Å². The summed E-state index contributed by atoms with van der Waals surface area (Å²) in [5.41, 5.74) is 2.40. The molecule has 0 bridgehead atoms. The highest BCUT2D eigenvalue weighted by Gasteiger charge is 2.22. The van der Waals surface area contributed by atoms with Crippen molar-refractivity contribution in [3.8, 4) is 0 Å². The zero-order chi connectivity index (χ0) is 13.0. The van der Waals surface area contributed by atoms with Crippen LogP contribution in [0, 0.1) is 6.92 Å². The summed E-state index contributed by atoms with van der Waals surface area (Å²) in [5.74, 6) is 0.151. The predicted octanol–water partition coefficient (Wildman–Crippen LogP) is 2.41. The van der Waals surface area contributed by atoms with Crippen molar-refractivity contribution in [2.45, 2.75) is 38.8 Å². The first-order valence-electron chi connectivity index (χ1n) is 6.40. The van der Waals surface area contributed by atoms with Crippen molar-refractivity contribution in [2.24, 2.45) is 0 Å². The monoisotopic (exact) mass is 266 g/mol. The van der Waals surface area contributed by atoms with Crippen LogP contribution in [0.5, 0.6) is 0 Å². The number of hydrogen-bond acceptors (Lipinski definition) is 2. The number of nitrogens with one attached hydrogen (secondary N) is 2. The average molecular weight is 267 g/mol. The number of benzene rings is 1. The van der Waals surface area contributed by atoms with Crippen molar-refractivity contribution >= 4 is 17.5 Å². The van der Waals surface area contributed by atoms with Gasteiger partial charge in [0.1, 0.15) is 0 Å². The van der Waals surface area contributed by atoms with E-state index in [4.69, 9.17) is 11.6 Å². The molecule has 2 N–H and O–H groups in total. The van der Waals surface area contributed by atoms with Crippen LogP contribution in [-0.4, -0.2) is 18.5 Å². The van der Waals surface area contributed by atoms with E-state index in [1.54, 1.807) is 0 Å². The molecule has 1 aromatic carbocycles. The first-order valence-corrected chi connectivity index (χ1v) is 6.78. The number of halogens is 1. The standard InChI is InChI=1S/C14H19ClN2O/c1-10-8-12(15)3-2-11(10)9-16-7-6-14(18)17-13-4-5-13/h2-3,8,13,16H,4-7,9H2,1H3,(H,17,18). The minimum atomic E-state index is 0.151. The molecule has 0 spiro atoms. The Bertz CT molecular complexity index is 430. The molecule has 0 unspecified atom stereocenters. The Kier molecular flexibility index (Phi) is 4.61. The molecule has 3 nitrogen and oxygen atoms in total. The number of carbonyl (C=O) groups excluding carboxylic acids is 1. The van der Waals surface area contributed by atoms with Crippen molar-refractivity contribution in [3.05, 3.63) is 34.3 Å². The number of hydrogen-bond donors (Lipinski definition) is 2. The van der Waals surface area contributed by atoms with Gasteiger partial charge in [-0.2, -0.15) is 0 Å². The molecule has 1 fully saturated rings. The largest absolute Gasteiger partial charge is 0.353 e. The second-order valence-electron chi connectivity index (χ2n) is 4.84.